The Morgan fingerprint density at radius 1 is 1.00 bits per heavy atom. The Balaban J connectivity index is 2.11. The van der Waals surface area contributed by atoms with E-state index in [-0.39, 0.29) is 35.5 Å². The molecule has 2 rings (SSSR count). The van der Waals surface area contributed by atoms with E-state index in [1.807, 2.05) is 13.8 Å². The number of dihydropyridines is 1. The van der Waals surface area contributed by atoms with Crippen molar-refractivity contribution in [3.8, 4) is 0 Å². The Kier molecular flexibility index (Phi) is 5.85. The van der Waals surface area contributed by atoms with Gasteiger partial charge >= 0.3 is 11.9 Å². The summed E-state index contributed by atoms with van der Waals surface area (Å²) in [6, 6.07) is 0. The number of carbonyl (C=O) groups is 2. The minimum Gasteiger partial charge on any atom is -0.463 e. The second kappa shape index (κ2) is 7.43. The number of piperidine rings is 1. The van der Waals surface area contributed by atoms with Gasteiger partial charge in [0.2, 0.25) is 0 Å². The van der Waals surface area contributed by atoms with E-state index < -0.39 is 0 Å². The monoisotopic (exact) mass is 364 g/mol. The normalized spacial score (nSPS) is 22.7. The van der Waals surface area contributed by atoms with Crippen molar-refractivity contribution in [2.75, 3.05) is 6.61 Å². The molecule has 1 saturated heterocycles. The van der Waals surface area contributed by atoms with Crippen LogP contribution in [0.25, 0.3) is 0 Å². The molecule has 0 spiro atoms. The predicted octanol–water partition coefficient (Wildman–Crippen LogP) is 2.94. The fourth-order valence-electron chi connectivity index (χ4n) is 4.08. The zero-order valence-corrected chi connectivity index (χ0v) is 17.0. The highest BCUT2D eigenvalue weighted by Crippen LogP contribution is 2.32. The molecule has 6 nitrogen and oxygen atoms in total. The van der Waals surface area contributed by atoms with Gasteiger partial charge in [0.15, 0.2) is 0 Å². The number of hydrogen-bond donors (Lipinski definition) is 2. The number of nitrogens with one attached hydrogen (secondary N) is 2. The molecule has 1 fully saturated rings. The minimum atomic E-state index is -0.389. The van der Waals surface area contributed by atoms with Gasteiger partial charge in [-0.05, 0) is 48.5 Å². The third kappa shape index (κ3) is 4.87. The lowest BCUT2D eigenvalue weighted by atomic mass is 9.81. The number of esters is 2. The summed E-state index contributed by atoms with van der Waals surface area (Å²) in [6.45, 7) is 14.2. The third-order valence-electron chi connectivity index (χ3n) is 4.83. The first-order valence-electron chi connectivity index (χ1n) is 9.28. The summed E-state index contributed by atoms with van der Waals surface area (Å²) in [5.74, 6) is -0.748. The van der Waals surface area contributed by atoms with Gasteiger partial charge in [-0.1, -0.05) is 0 Å². The van der Waals surface area contributed by atoms with Gasteiger partial charge in [-0.2, -0.15) is 0 Å². The van der Waals surface area contributed by atoms with Crippen LogP contribution in [0.3, 0.4) is 0 Å². The molecule has 0 radical (unpaired) electrons. The highest BCUT2D eigenvalue weighted by molar-refractivity contribution is 5.96. The lowest BCUT2D eigenvalue weighted by Gasteiger charge is -2.46. The molecule has 0 bridgehead atoms. The average Bonchev–Trinajstić information content (AvgIpc) is 2.43. The van der Waals surface area contributed by atoms with Crippen molar-refractivity contribution in [3.63, 3.8) is 0 Å². The molecule has 0 aromatic carbocycles. The van der Waals surface area contributed by atoms with Crippen LogP contribution in [0, 0.1) is 0 Å². The fraction of sp³-hybridized carbons (Fsp3) is 0.700. The summed E-state index contributed by atoms with van der Waals surface area (Å²) < 4.78 is 10.9. The molecule has 2 N–H and O–H groups in total. The topological polar surface area (TPSA) is 76.7 Å². The lowest BCUT2D eigenvalue weighted by Crippen LogP contribution is -2.59. The molecule has 2 aliphatic rings. The predicted molar refractivity (Wildman–Crippen MR) is 100 cm³/mol. The molecule has 0 unspecified atom stereocenters. The standard InChI is InChI=1S/C20H32N2O4/c1-8-25-17(23)15-9-16(13(3)21-12(15)2)18(24)26-14-10-19(4,5)22-20(6,7)11-14/h14,21-22H,8-11H2,1-7H3. The Hall–Kier alpha value is -1.82. The summed E-state index contributed by atoms with van der Waals surface area (Å²) in [5.41, 5.74) is 2.22. The summed E-state index contributed by atoms with van der Waals surface area (Å²) in [6.07, 6.45) is 1.58. The minimum absolute atomic E-state index is 0.104. The van der Waals surface area contributed by atoms with Gasteiger partial charge in [-0.25, -0.2) is 9.59 Å². The Labute approximate surface area is 156 Å². The molecular weight excluding hydrogens is 332 g/mol. The largest absolute Gasteiger partial charge is 0.463 e. The van der Waals surface area contributed by atoms with Crippen molar-refractivity contribution in [3.05, 3.63) is 22.5 Å². The van der Waals surface area contributed by atoms with Crippen LogP contribution in [-0.2, 0) is 19.1 Å². The molecule has 0 aromatic heterocycles. The summed E-state index contributed by atoms with van der Waals surface area (Å²) in [5, 5.41) is 6.70. The van der Waals surface area contributed by atoms with Crippen LogP contribution >= 0.6 is 0 Å². The van der Waals surface area contributed by atoms with Crippen LogP contribution in [-0.4, -0.2) is 35.7 Å². The Morgan fingerprint density at radius 2 is 1.50 bits per heavy atom. The molecule has 0 saturated carbocycles. The molecule has 0 aliphatic carbocycles. The fourth-order valence-corrected chi connectivity index (χ4v) is 4.08. The Morgan fingerprint density at radius 3 is 2.00 bits per heavy atom. The van der Waals surface area contributed by atoms with Crippen molar-refractivity contribution in [1.82, 2.24) is 10.6 Å². The number of rotatable bonds is 4. The van der Waals surface area contributed by atoms with E-state index >= 15 is 0 Å². The number of hydrogen-bond acceptors (Lipinski definition) is 6. The maximum absolute atomic E-state index is 12.8. The Bertz CT molecular complexity index is 643. The van der Waals surface area contributed by atoms with Gasteiger partial charge in [-0.3, -0.25) is 0 Å². The van der Waals surface area contributed by atoms with E-state index in [1.54, 1.807) is 6.92 Å². The van der Waals surface area contributed by atoms with Crippen molar-refractivity contribution in [1.29, 1.82) is 0 Å². The smallest absolute Gasteiger partial charge is 0.336 e. The van der Waals surface area contributed by atoms with Gasteiger partial charge in [0.1, 0.15) is 6.10 Å². The third-order valence-corrected chi connectivity index (χ3v) is 4.83. The van der Waals surface area contributed by atoms with E-state index in [2.05, 4.69) is 38.3 Å². The molecular formula is C20H32N2O4. The number of allylic oxidation sites excluding steroid dienone is 2. The molecule has 146 valence electrons. The van der Waals surface area contributed by atoms with Crippen LogP contribution in [0.15, 0.2) is 22.5 Å². The zero-order chi connectivity index (χ0) is 19.7. The summed E-state index contributed by atoms with van der Waals surface area (Å²) in [4.78, 5) is 25.0. The quantitative estimate of drug-likeness (QED) is 0.747. The molecule has 0 amide bonds. The molecule has 2 aliphatic heterocycles. The second-order valence-electron chi connectivity index (χ2n) is 8.56. The molecule has 0 aromatic rings. The first-order chi connectivity index (χ1) is 11.9. The maximum Gasteiger partial charge on any atom is 0.336 e. The van der Waals surface area contributed by atoms with Gasteiger partial charge < -0.3 is 20.1 Å². The lowest BCUT2D eigenvalue weighted by molar-refractivity contribution is -0.148. The van der Waals surface area contributed by atoms with E-state index in [0.717, 1.165) is 24.2 Å². The maximum atomic E-state index is 12.8. The van der Waals surface area contributed by atoms with Crippen molar-refractivity contribution in [2.24, 2.45) is 0 Å². The zero-order valence-electron chi connectivity index (χ0n) is 17.0. The average molecular weight is 364 g/mol. The van der Waals surface area contributed by atoms with Crippen LogP contribution in [0.4, 0.5) is 0 Å². The molecule has 6 heteroatoms. The van der Waals surface area contributed by atoms with Crippen LogP contribution in [0.2, 0.25) is 0 Å². The van der Waals surface area contributed by atoms with Crippen LogP contribution in [0.5, 0.6) is 0 Å². The number of carbonyl (C=O) groups excluding carboxylic acids is 2. The first kappa shape index (κ1) is 20.5. The van der Waals surface area contributed by atoms with Crippen LogP contribution < -0.4 is 10.6 Å². The van der Waals surface area contributed by atoms with Crippen molar-refractivity contribution in [2.45, 2.75) is 84.9 Å². The summed E-state index contributed by atoms with van der Waals surface area (Å²) >= 11 is 0. The van der Waals surface area contributed by atoms with Gasteiger partial charge in [0.25, 0.3) is 0 Å². The SMILES string of the molecule is CCOC(=O)C1=C(C)NC(C)=C(C(=O)OC2CC(C)(C)NC(C)(C)C2)C1. The van der Waals surface area contributed by atoms with E-state index in [1.165, 1.54) is 0 Å². The van der Waals surface area contributed by atoms with Crippen molar-refractivity contribution < 1.29 is 19.1 Å². The van der Waals surface area contributed by atoms with E-state index in [4.69, 9.17) is 9.47 Å². The molecule has 0 atom stereocenters. The second-order valence-corrected chi connectivity index (χ2v) is 8.56. The summed E-state index contributed by atoms with van der Waals surface area (Å²) in [7, 11) is 0. The van der Waals surface area contributed by atoms with Crippen molar-refractivity contribution >= 4 is 11.9 Å². The van der Waals surface area contributed by atoms with E-state index in [9.17, 15) is 9.59 Å². The van der Waals surface area contributed by atoms with Gasteiger partial charge in [0, 0.05) is 41.7 Å². The van der Waals surface area contributed by atoms with Crippen LogP contribution in [0.1, 0.15) is 67.7 Å². The number of ether oxygens (including phenoxy) is 2. The highest BCUT2D eigenvalue weighted by Gasteiger charge is 2.40. The highest BCUT2D eigenvalue weighted by atomic mass is 16.5. The van der Waals surface area contributed by atoms with Gasteiger partial charge in [0.05, 0.1) is 17.8 Å². The first-order valence-corrected chi connectivity index (χ1v) is 9.28. The van der Waals surface area contributed by atoms with Gasteiger partial charge in [-0.15, -0.1) is 0 Å². The van der Waals surface area contributed by atoms with E-state index in [0.29, 0.717) is 17.8 Å². The molecule has 26 heavy (non-hydrogen) atoms. The molecule has 2 heterocycles.